The first-order valence-corrected chi connectivity index (χ1v) is 5.59. The lowest BCUT2D eigenvalue weighted by atomic mass is 10.1. The summed E-state index contributed by atoms with van der Waals surface area (Å²) in [5.41, 5.74) is 0.924. The molecule has 84 valence electrons. The van der Waals surface area contributed by atoms with E-state index in [9.17, 15) is 0 Å². The molecule has 2 aromatic heterocycles. The van der Waals surface area contributed by atoms with Gasteiger partial charge in [0.1, 0.15) is 11.6 Å². The highest BCUT2D eigenvalue weighted by atomic mass is 16.5. The van der Waals surface area contributed by atoms with Crippen LogP contribution in [0.25, 0.3) is 5.52 Å². The van der Waals surface area contributed by atoms with Gasteiger partial charge in [0.15, 0.2) is 0 Å². The number of hydrogen-bond donors (Lipinski definition) is 1. The summed E-state index contributed by atoms with van der Waals surface area (Å²) in [7, 11) is 0. The van der Waals surface area contributed by atoms with Crippen LogP contribution in [0.2, 0.25) is 0 Å². The second kappa shape index (κ2) is 4.09. The highest BCUT2D eigenvalue weighted by Crippen LogP contribution is 2.18. The van der Waals surface area contributed by atoms with Gasteiger partial charge in [0.25, 0.3) is 0 Å². The molecule has 0 spiro atoms. The van der Waals surface area contributed by atoms with Crippen LogP contribution in [0, 0.1) is 0 Å². The van der Waals surface area contributed by atoms with Crippen LogP contribution in [0.5, 0.6) is 5.88 Å². The van der Waals surface area contributed by atoms with Crippen molar-refractivity contribution in [3.63, 3.8) is 0 Å². The lowest BCUT2D eigenvalue weighted by Gasteiger charge is -2.23. The molecule has 1 aliphatic heterocycles. The van der Waals surface area contributed by atoms with Crippen molar-refractivity contribution in [2.45, 2.75) is 18.9 Å². The Kier molecular flexibility index (Phi) is 2.46. The van der Waals surface area contributed by atoms with Gasteiger partial charge in [0.05, 0.1) is 6.20 Å². The minimum Gasteiger partial charge on any atom is -0.471 e. The van der Waals surface area contributed by atoms with Crippen molar-refractivity contribution < 1.29 is 4.74 Å². The van der Waals surface area contributed by atoms with Gasteiger partial charge in [-0.05, 0) is 25.5 Å². The molecule has 0 amide bonds. The van der Waals surface area contributed by atoms with Crippen LogP contribution >= 0.6 is 0 Å². The van der Waals surface area contributed by atoms with Crippen molar-refractivity contribution in [1.29, 1.82) is 0 Å². The summed E-state index contributed by atoms with van der Waals surface area (Å²) in [5, 5.41) is 7.48. The number of nitrogens with zero attached hydrogens (tertiary/aromatic N) is 3. The first-order valence-electron chi connectivity index (χ1n) is 5.59. The van der Waals surface area contributed by atoms with Crippen LogP contribution in [0.4, 0.5) is 0 Å². The average molecular weight is 218 g/mol. The molecular weight excluding hydrogens is 204 g/mol. The van der Waals surface area contributed by atoms with Crippen molar-refractivity contribution in [1.82, 2.24) is 19.9 Å². The highest BCUT2D eigenvalue weighted by molar-refractivity contribution is 5.54. The van der Waals surface area contributed by atoms with Crippen molar-refractivity contribution in [2.75, 3.05) is 13.1 Å². The van der Waals surface area contributed by atoms with Crippen LogP contribution in [-0.2, 0) is 0 Å². The van der Waals surface area contributed by atoms with Crippen molar-refractivity contribution >= 4 is 5.52 Å². The number of hydrogen-bond acceptors (Lipinski definition) is 4. The predicted molar refractivity (Wildman–Crippen MR) is 59.5 cm³/mol. The van der Waals surface area contributed by atoms with Gasteiger partial charge in [-0.25, -0.2) is 9.50 Å². The number of piperidine rings is 1. The number of aromatic nitrogens is 3. The third-order valence-electron chi connectivity index (χ3n) is 2.82. The van der Waals surface area contributed by atoms with Gasteiger partial charge in [-0.3, -0.25) is 0 Å². The van der Waals surface area contributed by atoms with E-state index in [0.717, 1.165) is 31.4 Å². The summed E-state index contributed by atoms with van der Waals surface area (Å²) < 4.78 is 7.67. The minimum absolute atomic E-state index is 0.224. The standard InChI is InChI=1S/C11H14N4O/c1-2-9(8-12-4-1)16-11-10-3-5-14-15(10)7-6-13-11/h3,5-7,9,12H,1-2,4,8H2/t9-/m0/s1. The van der Waals surface area contributed by atoms with Crippen LogP contribution < -0.4 is 10.1 Å². The lowest BCUT2D eigenvalue weighted by molar-refractivity contribution is 0.162. The van der Waals surface area contributed by atoms with Gasteiger partial charge in [-0.1, -0.05) is 0 Å². The second-order valence-electron chi connectivity index (χ2n) is 3.98. The molecule has 1 atom stereocenters. The molecule has 16 heavy (non-hydrogen) atoms. The van der Waals surface area contributed by atoms with Gasteiger partial charge < -0.3 is 10.1 Å². The molecule has 0 aromatic carbocycles. The number of rotatable bonds is 2. The fourth-order valence-corrected chi connectivity index (χ4v) is 2.00. The number of ether oxygens (including phenoxy) is 1. The monoisotopic (exact) mass is 218 g/mol. The molecule has 0 unspecified atom stereocenters. The van der Waals surface area contributed by atoms with Gasteiger partial charge >= 0.3 is 0 Å². The zero-order valence-electron chi connectivity index (χ0n) is 8.97. The molecular formula is C11H14N4O. The summed E-state index contributed by atoms with van der Waals surface area (Å²) in [6.45, 7) is 1.99. The van der Waals surface area contributed by atoms with Gasteiger partial charge in [-0.2, -0.15) is 5.10 Å². The molecule has 1 fully saturated rings. The van der Waals surface area contributed by atoms with Crippen LogP contribution in [0.1, 0.15) is 12.8 Å². The third kappa shape index (κ3) is 1.74. The Balaban J connectivity index is 1.85. The molecule has 0 radical (unpaired) electrons. The van der Waals surface area contributed by atoms with Crippen molar-refractivity contribution in [3.05, 3.63) is 24.7 Å². The number of fused-ring (bicyclic) bond motifs is 1. The molecule has 3 rings (SSSR count). The molecule has 1 aliphatic rings. The summed E-state index contributed by atoms with van der Waals surface area (Å²) in [4.78, 5) is 4.26. The van der Waals surface area contributed by atoms with E-state index in [1.54, 1.807) is 16.9 Å². The molecule has 0 bridgehead atoms. The lowest BCUT2D eigenvalue weighted by Crippen LogP contribution is -2.37. The van der Waals surface area contributed by atoms with Gasteiger partial charge in [0.2, 0.25) is 5.88 Å². The summed E-state index contributed by atoms with van der Waals surface area (Å²) in [5.74, 6) is 0.675. The van der Waals surface area contributed by atoms with E-state index in [1.807, 2.05) is 12.3 Å². The highest BCUT2D eigenvalue weighted by Gasteiger charge is 2.16. The maximum absolute atomic E-state index is 5.89. The van der Waals surface area contributed by atoms with Gasteiger partial charge in [-0.15, -0.1) is 0 Å². The Morgan fingerprint density at radius 2 is 2.44 bits per heavy atom. The zero-order chi connectivity index (χ0) is 10.8. The van der Waals surface area contributed by atoms with E-state index in [0.29, 0.717) is 5.88 Å². The minimum atomic E-state index is 0.224. The zero-order valence-corrected chi connectivity index (χ0v) is 8.97. The molecule has 0 saturated carbocycles. The normalized spacial score (nSPS) is 21.1. The molecule has 5 nitrogen and oxygen atoms in total. The molecule has 1 saturated heterocycles. The maximum Gasteiger partial charge on any atom is 0.240 e. The Hall–Kier alpha value is -1.62. The maximum atomic E-state index is 5.89. The average Bonchev–Trinajstić information content (AvgIpc) is 2.80. The Morgan fingerprint density at radius 3 is 3.31 bits per heavy atom. The smallest absolute Gasteiger partial charge is 0.240 e. The predicted octanol–water partition coefficient (Wildman–Crippen LogP) is 0.860. The van der Waals surface area contributed by atoms with E-state index in [-0.39, 0.29) is 6.10 Å². The molecule has 3 heterocycles. The number of nitrogens with one attached hydrogen (secondary N) is 1. The summed E-state index contributed by atoms with van der Waals surface area (Å²) in [6.07, 6.45) is 7.76. The molecule has 5 heteroatoms. The van der Waals surface area contributed by atoms with Crippen LogP contribution in [-0.4, -0.2) is 33.8 Å². The van der Waals surface area contributed by atoms with E-state index >= 15 is 0 Å². The fraction of sp³-hybridized carbons (Fsp3) is 0.455. The Labute approximate surface area is 93.4 Å². The van der Waals surface area contributed by atoms with Crippen molar-refractivity contribution in [3.8, 4) is 5.88 Å². The first-order chi connectivity index (χ1) is 7.93. The van der Waals surface area contributed by atoms with Crippen molar-refractivity contribution in [2.24, 2.45) is 0 Å². The molecule has 1 N–H and O–H groups in total. The van der Waals surface area contributed by atoms with E-state index in [2.05, 4.69) is 15.4 Å². The van der Waals surface area contributed by atoms with Gasteiger partial charge in [0, 0.05) is 18.9 Å². The summed E-state index contributed by atoms with van der Waals surface area (Å²) >= 11 is 0. The van der Waals surface area contributed by atoms with Crippen LogP contribution in [0.15, 0.2) is 24.7 Å². The topological polar surface area (TPSA) is 51.5 Å². The second-order valence-corrected chi connectivity index (χ2v) is 3.98. The largest absolute Gasteiger partial charge is 0.471 e. The molecule has 2 aromatic rings. The Morgan fingerprint density at radius 1 is 1.44 bits per heavy atom. The van der Waals surface area contributed by atoms with E-state index in [1.165, 1.54) is 0 Å². The first kappa shape index (κ1) is 9.59. The van der Waals surface area contributed by atoms with Crippen LogP contribution in [0.3, 0.4) is 0 Å². The SMILES string of the molecule is c1cn2nccc2c(O[C@H]2CCCNC2)n1. The van der Waals surface area contributed by atoms with E-state index in [4.69, 9.17) is 4.74 Å². The third-order valence-corrected chi connectivity index (χ3v) is 2.82. The van der Waals surface area contributed by atoms with E-state index < -0.39 is 0 Å². The fourth-order valence-electron chi connectivity index (χ4n) is 2.00. The Bertz CT molecular complexity index is 476. The molecule has 0 aliphatic carbocycles. The summed E-state index contributed by atoms with van der Waals surface area (Å²) in [6, 6.07) is 1.92. The quantitative estimate of drug-likeness (QED) is 0.812.